The van der Waals surface area contributed by atoms with Crippen molar-refractivity contribution in [2.45, 2.75) is 107 Å². The molecule has 6 N–H and O–H groups in total. The fraction of sp³-hybridized carbons (Fsp3) is 0.488. The zero-order chi connectivity index (χ0) is 40.1. The fourth-order valence-corrected chi connectivity index (χ4v) is 12.6. The summed E-state index contributed by atoms with van der Waals surface area (Å²) in [6.45, 7) is 7.49. The Kier molecular flexibility index (Phi) is 10.9. The molecule has 3 aromatic rings. The number of ether oxygens (including phenoxy) is 1. The minimum atomic E-state index is -3.12. The topological polar surface area (TPSA) is 173 Å². The summed E-state index contributed by atoms with van der Waals surface area (Å²) in [4.78, 5) is 71.1. The lowest BCUT2D eigenvalue weighted by atomic mass is 9.82. The molecule has 57 heavy (non-hydrogen) atoms. The van der Waals surface area contributed by atoms with Gasteiger partial charge in [-0.05, 0) is 105 Å². The standard InChI is InChI=1S/C43H54N6O7Si/c1-26-39(57(2,3)55)37(22-38(51)48-24-29-11-5-4-10-28(29)20-32(48)25-50)56-43(26)33-21-31(47-41(53)35-14-8-18-45-35)15-16-36(33)49(42(43)54)23-27-9-6-12-30(19-27)46-40(52)34-13-7-17-44-34/h4-6,9-12,15-16,19,21,26,32,34-35,37,39,44-45,50,55H,7-8,13-14,17-18,20,22-25H2,1-3H3,(H,46,52)(H,47,53)/t26-,32+,34-,35-,37+,39-,43+/m1/s1. The van der Waals surface area contributed by atoms with Crippen molar-refractivity contribution in [2.75, 3.05) is 35.2 Å². The smallest absolute Gasteiger partial charge is 0.264 e. The number of carbonyl (C=O) groups excluding carboxylic acids is 4. The van der Waals surface area contributed by atoms with E-state index in [1.54, 1.807) is 15.9 Å². The second-order valence-electron chi connectivity index (χ2n) is 17.0. The van der Waals surface area contributed by atoms with E-state index in [-0.39, 0.29) is 55.3 Å². The Hall–Kier alpha value is -4.44. The first-order valence-corrected chi connectivity index (χ1v) is 23.4. The van der Waals surface area contributed by atoms with E-state index >= 15 is 4.79 Å². The van der Waals surface area contributed by atoms with Crippen LogP contribution in [-0.2, 0) is 49.0 Å². The molecule has 0 radical (unpaired) electrons. The lowest BCUT2D eigenvalue weighted by Gasteiger charge is -2.37. The van der Waals surface area contributed by atoms with Gasteiger partial charge in [0, 0.05) is 34.9 Å². The van der Waals surface area contributed by atoms with Crippen LogP contribution in [0.25, 0.3) is 0 Å². The van der Waals surface area contributed by atoms with Gasteiger partial charge in [-0.3, -0.25) is 19.2 Å². The molecular formula is C43H54N6O7Si. The molecule has 7 atom stereocenters. The highest BCUT2D eigenvalue weighted by Gasteiger charge is 2.66. The first-order valence-electron chi connectivity index (χ1n) is 20.4. The molecule has 3 saturated heterocycles. The van der Waals surface area contributed by atoms with Gasteiger partial charge in [0.05, 0.1) is 49.5 Å². The molecule has 4 amide bonds. The molecule has 0 saturated carbocycles. The molecule has 5 aliphatic heterocycles. The van der Waals surface area contributed by atoms with Crippen LogP contribution in [0.4, 0.5) is 17.1 Å². The van der Waals surface area contributed by atoms with Gasteiger partial charge in [-0.2, -0.15) is 0 Å². The van der Waals surface area contributed by atoms with E-state index in [0.717, 1.165) is 55.5 Å². The Balaban J connectivity index is 1.13. The third kappa shape index (κ3) is 7.43. The van der Waals surface area contributed by atoms with E-state index in [2.05, 4.69) is 21.3 Å². The molecule has 0 aromatic heterocycles. The van der Waals surface area contributed by atoms with Crippen LogP contribution in [0.3, 0.4) is 0 Å². The van der Waals surface area contributed by atoms with Gasteiger partial charge in [0.15, 0.2) is 13.9 Å². The van der Waals surface area contributed by atoms with E-state index in [9.17, 15) is 24.3 Å². The van der Waals surface area contributed by atoms with Gasteiger partial charge in [-0.15, -0.1) is 0 Å². The zero-order valence-electron chi connectivity index (χ0n) is 32.9. The summed E-state index contributed by atoms with van der Waals surface area (Å²) in [7, 11) is -3.12. The number of rotatable bonds is 10. The van der Waals surface area contributed by atoms with Gasteiger partial charge in [0.2, 0.25) is 17.7 Å². The number of amides is 4. The summed E-state index contributed by atoms with van der Waals surface area (Å²) in [6, 6.07) is 19.9. The van der Waals surface area contributed by atoms with E-state index in [1.807, 2.05) is 80.7 Å². The molecule has 13 nitrogen and oxygen atoms in total. The average Bonchev–Trinajstić information content (AvgIpc) is 4.01. The molecule has 8 rings (SSSR count). The molecule has 5 aliphatic rings. The van der Waals surface area contributed by atoms with Gasteiger partial charge in [0.25, 0.3) is 5.91 Å². The third-order valence-corrected chi connectivity index (χ3v) is 15.3. The summed E-state index contributed by atoms with van der Waals surface area (Å²) in [5.74, 6) is -1.31. The summed E-state index contributed by atoms with van der Waals surface area (Å²) >= 11 is 0. The zero-order valence-corrected chi connectivity index (χ0v) is 33.9. The summed E-state index contributed by atoms with van der Waals surface area (Å²) < 4.78 is 7.05. The number of nitrogens with zero attached hydrogens (tertiary/aromatic N) is 2. The SMILES string of the molecule is C[C@@H]1[C@@H]([Si](C)(C)O)[C@H](CC(=O)N2Cc3ccccc3C[C@H]2CO)O[C@@]12C(=O)N(Cc1cccc(NC(=O)[C@H]3CCCN3)c1)c1ccc(NC(=O)[C@H]3CCCN3)cc12. The van der Waals surface area contributed by atoms with Gasteiger partial charge in [-0.25, -0.2) is 0 Å². The predicted molar refractivity (Wildman–Crippen MR) is 219 cm³/mol. The average molecular weight is 795 g/mol. The van der Waals surface area contributed by atoms with Crippen LogP contribution in [-0.4, -0.2) is 90.7 Å². The second kappa shape index (κ2) is 15.7. The maximum atomic E-state index is 15.3. The number of nitrogens with one attached hydrogen (secondary N) is 4. The van der Waals surface area contributed by atoms with Gasteiger partial charge < -0.3 is 45.7 Å². The largest absolute Gasteiger partial charge is 0.432 e. The number of hydrogen-bond acceptors (Lipinski definition) is 9. The Labute approximate surface area is 334 Å². The minimum Gasteiger partial charge on any atom is -0.432 e. The monoisotopic (exact) mass is 794 g/mol. The van der Waals surface area contributed by atoms with Crippen molar-refractivity contribution in [3.05, 3.63) is 89.0 Å². The predicted octanol–water partition coefficient (Wildman–Crippen LogP) is 3.75. The molecule has 1 spiro atoms. The number of aliphatic hydroxyl groups is 1. The van der Waals surface area contributed by atoms with Crippen LogP contribution < -0.4 is 26.2 Å². The van der Waals surface area contributed by atoms with Crippen molar-refractivity contribution in [1.29, 1.82) is 0 Å². The van der Waals surface area contributed by atoms with E-state index < -0.39 is 37.5 Å². The van der Waals surface area contributed by atoms with Crippen molar-refractivity contribution in [1.82, 2.24) is 15.5 Å². The maximum Gasteiger partial charge on any atom is 0.264 e. The highest BCUT2D eigenvalue weighted by molar-refractivity contribution is 6.71. The third-order valence-electron chi connectivity index (χ3n) is 12.8. The molecule has 302 valence electrons. The van der Waals surface area contributed by atoms with E-state index in [0.29, 0.717) is 35.6 Å². The highest BCUT2D eigenvalue weighted by Crippen LogP contribution is 2.60. The van der Waals surface area contributed by atoms with E-state index in [4.69, 9.17) is 4.74 Å². The Morgan fingerprint density at radius 1 is 0.912 bits per heavy atom. The molecular weight excluding hydrogens is 741 g/mol. The highest BCUT2D eigenvalue weighted by atomic mass is 28.4. The van der Waals surface area contributed by atoms with Crippen molar-refractivity contribution >= 4 is 49.0 Å². The van der Waals surface area contributed by atoms with Crippen molar-refractivity contribution < 1.29 is 33.8 Å². The molecule has 0 bridgehead atoms. The molecule has 3 aromatic carbocycles. The normalized spacial score (nSPS) is 28.1. The molecule has 0 aliphatic carbocycles. The number of benzene rings is 3. The lowest BCUT2D eigenvalue weighted by Crippen LogP contribution is -2.48. The number of carbonyl (C=O) groups is 4. The molecule has 0 unspecified atom stereocenters. The summed E-state index contributed by atoms with van der Waals surface area (Å²) in [5.41, 5.74) is 3.20. The van der Waals surface area contributed by atoms with Crippen LogP contribution in [0.2, 0.25) is 18.6 Å². The van der Waals surface area contributed by atoms with Crippen LogP contribution in [0.1, 0.15) is 61.3 Å². The number of fused-ring (bicyclic) bond motifs is 3. The fourth-order valence-electron chi connectivity index (χ4n) is 10.0. The lowest BCUT2D eigenvalue weighted by molar-refractivity contribution is -0.151. The Morgan fingerprint density at radius 3 is 2.21 bits per heavy atom. The molecule has 14 heteroatoms. The van der Waals surface area contributed by atoms with E-state index in [1.165, 1.54) is 0 Å². The molecule has 5 heterocycles. The first-order chi connectivity index (χ1) is 27.4. The van der Waals surface area contributed by atoms with Crippen molar-refractivity contribution in [3.63, 3.8) is 0 Å². The van der Waals surface area contributed by atoms with Gasteiger partial charge in [-0.1, -0.05) is 43.3 Å². The first kappa shape index (κ1) is 39.4. The molecule has 3 fully saturated rings. The summed E-state index contributed by atoms with van der Waals surface area (Å²) in [6.07, 6.45) is 3.03. The van der Waals surface area contributed by atoms with Crippen LogP contribution >= 0.6 is 0 Å². The van der Waals surface area contributed by atoms with Crippen LogP contribution in [0, 0.1) is 5.92 Å². The van der Waals surface area contributed by atoms with Crippen LogP contribution in [0.5, 0.6) is 0 Å². The summed E-state index contributed by atoms with van der Waals surface area (Å²) in [5, 5.41) is 22.9. The van der Waals surface area contributed by atoms with Crippen molar-refractivity contribution in [2.24, 2.45) is 5.92 Å². The van der Waals surface area contributed by atoms with Gasteiger partial charge in [0.1, 0.15) is 0 Å². The van der Waals surface area contributed by atoms with Gasteiger partial charge >= 0.3 is 0 Å². The Bertz CT molecular complexity index is 2050. The quantitative estimate of drug-likeness (QED) is 0.167. The van der Waals surface area contributed by atoms with Crippen molar-refractivity contribution in [3.8, 4) is 0 Å². The van der Waals surface area contributed by atoms with Crippen LogP contribution in [0.15, 0.2) is 66.7 Å². The second-order valence-corrected chi connectivity index (χ2v) is 21.0. The number of anilines is 3. The number of hydrogen-bond donors (Lipinski definition) is 6. The minimum absolute atomic E-state index is 0.0730. The number of aliphatic hydroxyl groups excluding tert-OH is 1. The Morgan fingerprint density at radius 2 is 1.58 bits per heavy atom. The maximum absolute atomic E-state index is 15.3.